The maximum absolute atomic E-state index is 11.2. The van der Waals surface area contributed by atoms with Crippen molar-refractivity contribution in [1.29, 1.82) is 0 Å². The van der Waals surface area contributed by atoms with E-state index < -0.39 is 22.1 Å². The summed E-state index contributed by atoms with van der Waals surface area (Å²) in [6.45, 7) is 0.348. The highest BCUT2D eigenvalue weighted by Crippen LogP contribution is 2.29. The number of aromatic hydroxyl groups is 1. The van der Waals surface area contributed by atoms with E-state index in [-0.39, 0.29) is 30.2 Å². The molecule has 0 aliphatic carbocycles. The number of nitrogens with zero attached hydrogens (tertiary/aromatic N) is 1. The molecule has 0 amide bonds. The van der Waals surface area contributed by atoms with E-state index in [9.17, 15) is 18.3 Å². The van der Waals surface area contributed by atoms with Crippen molar-refractivity contribution in [1.82, 2.24) is 4.31 Å². The fraction of sp³-hybridized carbons (Fsp3) is 0.364. The molecule has 7 nitrogen and oxygen atoms in total. The highest BCUT2D eigenvalue weighted by molar-refractivity contribution is 7.88. The van der Waals surface area contributed by atoms with Crippen LogP contribution < -0.4 is 4.74 Å². The molecule has 1 aliphatic heterocycles. The lowest BCUT2D eigenvalue weighted by Crippen LogP contribution is -2.55. The topological polar surface area (TPSA) is 104 Å². The van der Waals surface area contributed by atoms with Crippen molar-refractivity contribution in [2.45, 2.75) is 6.10 Å². The van der Waals surface area contributed by atoms with E-state index in [1.54, 1.807) is 0 Å². The number of hydrogen-bond acceptors (Lipinski definition) is 5. The number of rotatable bonds is 4. The Balaban J connectivity index is 2.10. The minimum Gasteiger partial charge on any atom is -0.507 e. The minimum atomic E-state index is -3.24. The predicted octanol–water partition coefficient (Wildman–Crippen LogP) is 0.113. The maximum Gasteiger partial charge on any atom is 0.343 e. The summed E-state index contributed by atoms with van der Waals surface area (Å²) in [6, 6.07) is 4.14. The number of carboxylic acid groups (broad SMARTS) is 1. The van der Waals surface area contributed by atoms with E-state index in [1.807, 2.05) is 0 Å². The van der Waals surface area contributed by atoms with Crippen molar-refractivity contribution in [3.8, 4) is 11.5 Å². The molecule has 2 rings (SSSR count). The van der Waals surface area contributed by atoms with Gasteiger partial charge in [-0.1, -0.05) is 6.07 Å². The van der Waals surface area contributed by atoms with E-state index in [0.29, 0.717) is 0 Å². The van der Waals surface area contributed by atoms with Crippen molar-refractivity contribution < 1.29 is 28.2 Å². The first-order valence-corrected chi connectivity index (χ1v) is 7.31. The molecule has 104 valence electrons. The summed E-state index contributed by atoms with van der Waals surface area (Å²) in [5, 5.41) is 18.5. The molecule has 2 N–H and O–H groups in total. The van der Waals surface area contributed by atoms with Crippen molar-refractivity contribution in [3.05, 3.63) is 23.8 Å². The first-order valence-electron chi connectivity index (χ1n) is 5.46. The summed E-state index contributed by atoms with van der Waals surface area (Å²) in [4.78, 5) is 11.0. The monoisotopic (exact) mass is 287 g/mol. The van der Waals surface area contributed by atoms with Crippen molar-refractivity contribution in [2.75, 3.05) is 19.3 Å². The van der Waals surface area contributed by atoms with E-state index in [1.165, 1.54) is 22.5 Å². The van der Waals surface area contributed by atoms with Crippen LogP contribution in [0.5, 0.6) is 11.5 Å². The zero-order chi connectivity index (χ0) is 14.2. The molecule has 0 radical (unpaired) electrons. The van der Waals surface area contributed by atoms with Crippen LogP contribution >= 0.6 is 0 Å². The van der Waals surface area contributed by atoms with Gasteiger partial charge in [-0.05, 0) is 12.1 Å². The summed E-state index contributed by atoms with van der Waals surface area (Å²) in [5.41, 5.74) is -0.319. The van der Waals surface area contributed by atoms with Gasteiger partial charge in [0.1, 0.15) is 23.2 Å². The van der Waals surface area contributed by atoms with Crippen LogP contribution in [0, 0.1) is 0 Å². The molecule has 19 heavy (non-hydrogen) atoms. The fourth-order valence-electron chi connectivity index (χ4n) is 1.76. The average molecular weight is 287 g/mol. The van der Waals surface area contributed by atoms with Crippen molar-refractivity contribution in [3.63, 3.8) is 0 Å². The first-order chi connectivity index (χ1) is 8.79. The quantitative estimate of drug-likeness (QED) is 0.814. The molecule has 0 aromatic heterocycles. The van der Waals surface area contributed by atoms with Gasteiger partial charge in [0.05, 0.1) is 19.3 Å². The Morgan fingerprint density at radius 1 is 1.42 bits per heavy atom. The molecule has 0 bridgehead atoms. The van der Waals surface area contributed by atoms with Crippen LogP contribution in [0.4, 0.5) is 0 Å². The van der Waals surface area contributed by atoms with Gasteiger partial charge in [0.25, 0.3) is 0 Å². The number of aromatic carboxylic acids is 1. The Morgan fingerprint density at radius 2 is 2.05 bits per heavy atom. The van der Waals surface area contributed by atoms with Crippen molar-refractivity contribution >= 4 is 16.0 Å². The lowest BCUT2D eigenvalue weighted by atomic mass is 10.1. The SMILES string of the molecule is CS(=O)(=O)N1CC(Oc2cccc(O)c2C(=O)O)C1. The number of sulfonamides is 1. The smallest absolute Gasteiger partial charge is 0.343 e. The third-order valence-electron chi connectivity index (χ3n) is 2.80. The molecular formula is C11H13NO6S. The summed E-state index contributed by atoms with van der Waals surface area (Å²) < 4.78 is 29.0. The molecule has 0 saturated carbocycles. The standard InChI is InChI=1S/C11H13NO6S/c1-19(16,17)12-5-7(6-12)18-9-4-2-3-8(13)10(9)11(14)15/h2-4,7,13H,5-6H2,1H3,(H,14,15). The van der Waals surface area contributed by atoms with E-state index in [0.717, 1.165) is 6.26 Å². The Hall–Kier alpha value is -1.80. The third kappa shape index (κ3) is 2.79. The maximum atomic E-state index is 11.2. The molecular weight excluding hydrogens is 274 g/mol. The summed E-state index contributed by atoms with van der Waals surface area (Å²) >= 11 is 0. The van der Waals surface area contributed by atoms with Gasteiger partial charge in [-0.15, -0.1) is 0 Å². The van der Waals surface area contributed by atoms with E-state index in [2.05, 4.69) is 0 Å². The van der Waals surface area contributed by atoms with Crippen LogP contribution in [-0.2, 0) is 10.0 Å². The number of phenols is 1. The van der Waals surface area contributed by atoms with E-state index in [4.69, 9.17) is 9.84 Å². The second-order valence-corrected chi connectivity index (χ2v) is 6.26. The van der Waals surface area contributed by atoms with Gasteiger partial charge in [-0.3, -0.25) is 0 Å². The zero-order valence-electron chi connectivity index (χ0n) is 10.1. The Morgan fingerprint density at radius 3 is 2.58 bits per heavy atom. The first kappa shape index (κ1) is 13.6. The van der Waals surface area contributed by atoms with Gasteiger partial charge in [0.2, 0.25) is 10.0 Å². The largest absolute Gasteiger partial charge is 0.507 e. The number of carbonyl (C=O) groups is 1. The molecule has 0 atom stereocenters. The van der Waals surface area contributed by atoms with Crippen LogP contribution in [0.2, 0.25) is 0 Å². The van der Waals surface area contributed by atoms with Crippen LogP contribution in [-0.4, -0.2) is 54.4 Å². The molecule has 1 saturated heterocycles. The lowest BCUT2D eigenvalue weighted by molar-refractivity contribution is 0.0633. The van der Waals surface area contributed by atoms with Crippen LogP contribution in [0.25, 0.3) is 0 Å². The Bertz CT molecular complexity index is 606. The second-order valence-electron chi connectivity index (χ2n) is 4.28. The zero-order valence-corrected chi connectivity index (χ0v) is 10.9. The number of ether oxygens (including phenoxy) is 1. The van der Waals surface area contributed by atoms with Crippen LogP contribution in [0.1, 0.15) is 10.4 Å². The number of benzene rings is 1. The Labute approximate surface area is 110 Å². The minimum absolute atomic E-state index is 0.0330. The average Bonchev–Trinajstić information content (AvgIpc) is 2.20. The molecule has 1 aliphatic rings. The third-order valence-corrected chi connectivity index (χ3v) is 4.03. The normalized spacial score (nSPS) is 16.9. The highest BCUT2D eigenvalue weighted by atomic mass is 32.2. The summed E-state index contributed by atoms with van der Waals surface area (Å²) in [7, 11) is -3.24. The van der Waals surface area contributed by atoms with Crippen molar-refractivity contribution in [2.24, 2.45) is 0 Å². The van der Waals surface area contributed by atoms with Crippen LogP contribution in [0.15, 0.2) is 18.2 Å². The molecule has 8 heteroatoms. The van der Waals surface area contributed by atoms with Gasteiger partial charge < -0.3 is 14.9 Å². The Kier molecular flexibility index (Phi) is 3.38. The van der Waals surface area contributed by atoms with Gasteiger partial charge in [0.15, 0.2) is 0 Å². The number of carboxylic acids is 1. The fourth-order valence-corrected chi connectivity index (χ4v) is 2.63. The molecule has 1 fully saturated rings. The summed E-state index contributed by atoms with van der Waals surface area (Å²) in [5.74, 6) is -1.65. The molecule has 0 spiro atoms. The molecule has 1 aromatic carbocycles. The van der Waals surface area contributed by atoms with Crippen LogP contribution in [0.3, 0.4) is 0 Å². The van der Waals surface area contributed by atoms with E-state index >= 15 is 0 Å². The lowest BCUT2D eigenvalue weighted by Gasteiger charge is -2.37. The second kappa shape index (κ2) is 4.71. The number of hydrogen-bond donors (Lipinski definition) is 2. The van der Waals surface area contributed by atoms with Gasteiger partial charge in [-0.2, -0.15) is 4.31 Å². The molecule has 1 heterocycles. The molecule has 0 unspecified atom stereocenters. The van der Waals surface area contributed by atoms with Gasteiger partial charge >= 0.3 is 5.97 Å². The van der Waals surface area contributed by atoms with Gasteiger partial charge in [-0.25, -0.2) is 13.2 Å². The highest BCUT2D eigenvalue weighted by Gasteiger charge is 2.35. The predicted molar refractivity (Wildman–Crippen MR) is 65.9 cm³/mol. The van der Waals surface area contributed by atoms with Gasteiger partial charge in [0, 0.05) is 0 Å². The summed E-state index contributed by atoms with van der Waals surface area (Å²) in [6.07, 6.45) is 0.690. The molecule has 1 aromatic rings.